The molecule has 0 spiro atoms. The summed E-state index contributed by atoms with van der Waals surface area (Å²) in [7, 11) is 0. The Morgan fingerprint density at radius 3 is 2.81 bits per heavy atom. The Balaban J connectivity index is 2.32. The maximum Gasteiger partial charge on any atom is 0.335 e. The minimum absolute atomic E-state index is 0.0294. The number of benzene rings is 1. The first-order valence-electron chi connectivity index (χ1n) is 4.79. The maximum atomic E-state index is 10.8. The van der Waals surface area contributed by atoms with Gasteiger partial charge in [-0.05, 0) is 19.1 Å². The van der Waals surface area contributed by atoms with E-state index < -0.39 is 11.6 Å². The van der Waals surface area contributed by atoms with Gasteiger partial charge in [-0.15, -0.1) is 11.3 Å². The molecule has 2 N–H and O–H groups in total. The van der Waals surface area contributed by atoms with Crippen molar-refractivity contribution in [2.45, 2.75) is 18.9 Å². The van der Waals surface area contributed by atoms with Crippen LogP contribution in [-0.2, 0) is 11.2 Å². The fraction of sp³-hybridized carbons (Fsp3) is 0.273. The molecule has 5 heteroatoms. The topological polar surface area (TPSA) is 70.4 Å². The number of carbonyl (C=O) groups is 1. The number of thiazole rings is 1. The van der Waals surface area contributed by atoms with E-state index in [-0.39, 0.29) is 6.42 Å². The summed E-state index contributed by atoms with van der Waals surface area (Å²) in [6.45, 7) is 1.28. The quantitative estimate of drug-likeness (QED) is 0.852. The van der Waals surface area contributed by atoms with Crippen LogP contribution >= 0.6 is 11.3 Å². The maximum absolute atomic E-state index is 10.8. The molecule has 1 aromatic heterocycles. The Morgan fingerprint density at radius 2 is 2.19 bits per heavy atom. The predicted molar refractivity (Wildman–Crippen MR) is 61.6 cm³/mol. The molecule has 0 saturated heterocycles. The monoisotopic (exact) mass is 237 g/mol. The zero-order valence-corrected chi connectivity index (χ0v) is 9.49. The first kappa shape index (κ1) is 11.0. The van der Waals surface area contributed by atoms with Crippen LogP contribution in [-0.4, -0.2) is 26.8 Å². The minimum Gasteiger partial charge on any atom is -0.479 e. The predicted octanol–water partition coefficient (Wildman–Crippen LogP) is 1.67. The Hall–Kier alpha value is -1.46. The van der Waals surface area contributed by atoms with Crippen molar-refractivity contribution in [2.75, 3.05) is 0 Å². The Morgan fingerprint density at radius 1 is 1.50 bits per heavy atom. The van der Waals surface area contributed by atoms with Gasteiger partial charge in [-0.1, -0.05) is 12.1 Å². The molecule has 2 aromatic rings. The van der Waals surface area contributed by atoms with Crippen molar-refractivity contribution in [1.29, 1.82) is 0 Å². The van der Waals surface area contributed by atoms with Crippen LogP contribution in [0.15, 0.2) is 24.3 Å². The SMILES string of the molecule is CC(O)(Cc1nc2ccccc2s1)C(=O)O. The van der Waals surface area contributed by atoms with E-state index in [1.54, 1.807) is 0 Å². The molecule has 0 saturated carbocycles. The van der Waals surface area contributed by atoms with Crippen LogP contribution in [0.2, 0.25) is 0 Å². The van der Waals surface area contributed by atoms with E-state index >= 15 is 0 Å². The molecule has 0 aliphatic carbocycles. The van der Waals surface area contributed by atoms with Crippen LogP contribution in [0.1, 0.15) is 11.9 Å². The lowest BCUT2D eigenvalue weighted by atomic mass is 10.0. The molecule has 84 valence electrons. The molecule has 0 radical (unpaired) electrons. The number of carboxylic acids is 1. The van der Waals surface area contributed by atoms with E-state index in [2.05, 4.69) is 4.98 Å². The fourth-order valence-corrected chi connectivity index (χ4v) is 2.48. The molecule has 2 rings (SSSR count). The second-order valence-electron chi connectivity index (χ2n) is 3.83. The number of aliphatic hydroxyl groups is 1. The summed E-state index contributed by atoms with van der Waals surface area (Å²) in [5.41, 5.74) is -0.919. The highest BCUT2D eigenvalue weighted by atomic mass is 32.1. The van der Waals surface area contributed by atoms with Gasteiger partial charge in [0, 0.05) is 6.42 Å². The molecule has 0 fully saturated rings. The Labute approximate surface area is 96.2 Å². The van der Waals surface area contributed by atoms with Gasteiger partial charge in [-0.25, -0.2) is 9.78 Å². The third-order valence-corrected chi connectivity index (χ3v) is 3.33. The summed E-state index contributed by atoms with van der Waals surface area (Å²) in [5, 5.41) is 19.1. The Bertz CT molecular complexity index is 500. The fourth-order valence-electron chi connectivity index (χ4n) is 1.37. The van der Waals surface area contributed by atoms with E-state index in [0.29, 0.717) is 5.01 Å². The molecule has 0 aliphatic rings. The molecule has 1 unspecified atom stereocenters. The largest absolute Gasteiger partial charge is 0.479 e. The normalized spacial score (nSPS) is 14.9. The number of carboxylic acid groups (broad SMARTS) is 1. The van der Waals surface area contributed by atoms with E-state index in [0.717, 1.165) is 10.2 Å². The average Bonchev–Trinajstić information content (AvgIpc) is 2.58. The van der Waals surface area contributed by atoms with Crippen molar-refractivity contribution in [1.82, 2.24) is 4.98 Å². The summed E-state index contributed by atoms with van der Waals surface area (Å²) < 4.78 is 0.999. The molecule has 16 heavy (non-hydrogen) atoms. The lowest BCUT2D eigenvalue weighted by Gasteiger charge is -2.15. The molecule has 1 atom stereocenters. The summed E-state index contributed by atoms with van der Waals surface area (Å²) in [6, 6.07) is 7.57. The molecule has 0 bridgehead atoms. The Kier molecular flexibility index (Phi) is 2.65. The van der Waals surface area contributed by atoms with Gasteiger partial charge in [0.2, 0.25) is 0 Å². The number of aromatic nitrogens is 1. The molecule has 1 aromatic carbocycles. The summed E-state index contributed by atoms with van der Waals surface area (Å²) in [5.74, 6) is -1.23. The summed E-state index contributed by atoms with van der Waals surface area (Å²) >= 11 is 1.41. The number of para-hydroxylation sites is 1. The lowest BCUT2D eigenvalue weighted by molar-refractivity contribution is -0.156. The van der Waals surface area contributed by atoms with Crippen molar-refractivity contribution in [3.63, 3.8) is 0 Å². The number of aliphatic carboxylic acids is 1. The molecular formula is C11H11NO3S. The van der Waals surface area contributed by atoms with E-state index in [4.69, 9.17) is 5.11 Å². The number of hydrogen-bond donors (Lipinski definition) is 2. The zero-order valence-electron chi connectivity index (χ0n) is 8.67. The van der Waals surface area contributed by atoms with Gasteiger partial charge in [0.25, 0.3) is 0 Å². The van der Waals surface area contributed by atoms with Crippen LogP contribution in [0.4, 0.5) is 0 Å². The molecule has 0 aliphatic heterocycles. The third kappa shape index (κ3) is 2.05. The third-order valence-electron chi connectivity index (χ3n) is 2.29. The van der Waals surface area contributed by atoms with Crippen molar-refractivity contribution in [3.05, 3.63) is 29.3 Å². The van der Waals surface area contributed by atoms with E-state index in [1.165, 1.54) is 18.3 Å². The van der Waals surface area contributed by atoms with Crippen molar-refractivity contribution in [3.8, 4) is 0 Å². The summed E-state index contributed by atoms with van der Waals surface area (Å²) in [6.07, 6.45) is 0.0294. The first-order chi connectivity index (χ1) is 7.49. The molecule has 4 nitrogen and oxygen atoms in total. The number of hydrogen-bond acceptors (Lipinski definition) is 4. The van der Waals surface area contributed by atoms with Gasteiger partial charge < -0.3 is 10.2 Å². The molecule has 0 amide bonds. The van der Waals surface area contributed by atoms with Gasteiger partial charge in [0.05, 0.1) is 15.2 Å². The van der Waals surface area contributed by atoms with E-state index in [1.807, 2.05) is 24.3 Å². The standard InChI is InChI=1S/C11H11NO3S/c1-11(15,10(13)14)6-9-12-7-4-2-3-5-8(7)16-9/h2-5,15H,6H2,1H3,(H,13,14). The zero-order chi connectivity index (χ0) is 11.8. The van der Waals surface area contributed by atoms with Gasteiger partial charge in [0.1, 0.15) is 0 Å². The number of nitrogens with zero attached hydrogens (tertiary/aromatic N) is 1. The van der Waals surface area contributed by atoms with Crippen molar-refractivity contribution in [2.24, 2.45) is 0 Å². The lowest BCUT2D eigenvalue weighted by Crippen LogP contribution is -2.37. The van der Waals surface area contributed by atoms with Crippen LogP contribution in [0.5, 0.6) is 0 Å². The highest BCUT2D eigenvalue weighted by molar-refractivity contribution is 7.18. The molecule has 1 heterocycles. The smallest absolute Gasteiger partial charge is 0.335 e. The van der Waals surface area contributed by atoms with Crippen LogP contribution < -0.4 is 0 Å². The van der Waals surface area contributed by atoms with Gasteiger partial charge in [-0.2, -0.15) is 0 Å². The van der Waals surface area contributed by atoms with E-state index in [9.17, 15) is 9.90 Å². The van der Waals surface area contributed by atoms with Crippen LogP contribution in [0.3, 0.4) is 0 Å². The van der Waals surface area contributed by atoms with Crippen molar-refractivity contribution >= 4 is 27.5 Å². The second kappa shape index (κ2) is 3.84. The van der Waals surface area contributed by atoms with Gasteiger partial charge in [0.15, 0.2) is 5.60 Å². The second-order valence-corrected chi connectivity index (χ2v) is 4.95. The number of fused-ring (bicyclic) bond motifs is 1. The minimum atomic E-state index is -1.76. The summed E-state index contributed by atoms with van der Waals surface area (Å²) in [4.78, 5) is 15.0. The highest BCUT2D eigenvalue weighted by Crippen LogP contribution is 2.24. The number of rotatable bonds is 3. The van der Waals surface area contributed by atoms with Crippen LogP contribution in [0.25, 0.3) is 10.2 Å². The van der Waals surface area contributed by atoms with Crippen molar-refractivity contribution < 1.29 is 15.0 Å². The van der Waals surface area contributed by atoms with Crippen LogP contribution in [0, 0.1) is 0 Å². The highest BCUT2D eigenvalue weighted by Gasteiger charge is 2.31. The van der Waals surface area contributed by atoms with Gasteiger partial charge in [-0.3, -0.25) is 0 Å². The first-order valence-corrected chi connectivity index (χ1v) is 5.61. The molecular weight excluding hydrogens is 226 g/mol. The average molecular weight is 237 g/mol. The van der Waals surface area contributed by atoms with Gasteiger partial charge >= 0.3 is 5.97 Å².